The number of nitrogens with zero attached hydrogens (tertiary/aromatic N) is 3. The Morgan fingerprint density at radius 2 is 1.95 bits per heavy atom. The zero-order valence-electron chi connectivity index (χ0n) is 12.1. The van der Waals surface area contributed by atoms with Crippen LogP contribution in [-0.4, -0.2) is 21.5 Å². The van der Waals surface area contributed by atoms with Gasteiger partial charge in [0.2, 0.25) is 0 Å². The summed E-state index contributed by atoms with van der Waals surface area (Å²) in [5.41, 5.74) is 3.55. The molecule has 0 aliphatic carbocycles. The van der Waals surface area contributed by atoms with Crippen LogP contribution in [0.15, 0.2) is 30.5 Å². The fraction of sp³-hybridized carbons (Fsp3) is 0.467. The van der Waals surface area contributed by atoms with Gasteiger partial charge in [-0.25, -0.2) is 4.68 Å². The zero-order chi connectivity index (χ0) is 13.9. The van der Waals surface area contributed by atoms with Crippen LogP contribution in [-0.2, 0) is 12.0 Å². The minimum absolute atomic E-state index is 0.0813. The highest BCUT2D eigenvalue weighted by atomic mass is 15.4. The highest BCUT2D eigenvalue weighted by molar-refractivity contribution is 5.45. The average molecular weight is 258 g/mol. The number of rotatable bonds is 4. The maximum absolute atomic E-state index is 4.24. The quantitative estimate of drug-likeness (QED) is 0.917. The molecule has 19 heavy (non-hydrogen) atoms. The van der Waals surface area contributed by atoms with Gasteiger partial charge in [0.25, 0.3) is 0 Å². The van der Waals surface area contributed by atoms with E-state index >= 15 is 0 Å². The Morgan fingerprint density at radius 1 is 1.21 bits per heavy atom. The lowest BCUT2D eigenvalue weighted by atomic mass is 9.86. The maximum Gasteiger partial charge on any atom is 0.0783 e. The van der Waals surface area contributed by atoms with Gasteiger partial charge in [-0.3, -0.25) is 0 Å². The van der Waals surface area contributed by atoms with E-state index in [9.17, 15) is 0 Å². The van der Waals surface area contributed by atoms with Gasteiger partial charge in [-0.05, 0) is 23.6 Å². The topological polar surface area (TPSA) is 42.7 Å². The van der Waals surface area contributed by atoms with Crippen LogP contribution < -0.4 is 5.32 Å². The van der Waals surface area contributed by atoms with Gasteiger partial charge < -0.3 is 5.32 Å². The van der Waals surface area contributed by atoms with Crippen LogP contribution in [0.5, 0.6) is 0 Å². The number of nitrogens with one attached hydrogen (secondary N) is 1. The van der Waals surface area contributed by atoms with E-state index in [1.807, 2.05) is 16.9 Å². The zero-order valence-corrected chi connectivity index (χ0v) is 12.1. The monoisotopic (exact) mass is 258 g/mol. The molecule has 1 heterocycles. The van der Waals surface area contributed by atoms with Gasteiger partial charge in [-0.15, -0.1) is 5.10 Å². The molecule has 0 aliphatic heterocycles. The third-order valence-corrected chi connectivity index (χ3v) is 3.12. The SMILES string of the molecule is CCNCc1cnnn1-c1ccccc1C(C)(C)C. The second-order valence-electron chi connectivity index (χ2n) is 5.68. The van der Waals surface area contributed by atoms with Crippen LogP contribution in [0.3, 0.4) is 0 Å². The summed E-state index contributed by atoms with van der Waals surface area (Å²) < 4.78 is 1.93. The molecule has 0 saturated carbocycles. The molecule has 0 atom stereocenters. The van der Waals surface area contributed by atoms with Crippen molar-refractivity contribution in [3.63, 3.8) is 0 Å². The van der Waals surface area contributed by atoms with Crippen molar-refractivity contribution in [2.24, 2.45) is 0 Å². The van der Waals surface area contributed by atoms with Gasteiger partial charge in [0, 0.05) is 6.54 Å². The van der Waals surface area contributed by atoms with Gasteiger partial charge in [0.05, 0.1) is 17.6 Å². The molecule has 0 saturated heterocycles. The summed E-state index contributed by atoms with van der Waals surface area (Å²) in [4.78, 5) is 0. The Hall–Kier alpha value is -1.68. The van der Waals surface area contributed by atoms with Crippen LogP contribution in [0.2, 0.25) is 0 Å². The first-order chi connectivity index (χ1) is 9.04. The van der Waals surface area contributed by atoms with E-state index < -0.39 is 0 Å². The van der Waals surface area contributed by atoms with E-state index in [2.05, 4.69) is 61.5 Å². The van der Waals surface area contributed by atoms with Gasteiger partial charge in [0.15, 0.2) is 0 Å². The van der Waals surface area contributed by atoms with Crippen LogP contribution in [0.4, 0.5) is 0 Å². The molecule has 1 N–H and O–H groups in total. The molecular formula is C15H22N4. The molecule has 0 bridgehead atoms. The van der Waals surface area contributed by atoms with Gasteiger partial charge in [-0.1, -0.05) is 51.1 Å². The lowest BCUT2D eigenvalue weighted by molar-refractivity contribution is 0.577. The fourth-order valence-corrected chi connectivity index (χ4v) is 2.13. The number of para-hydroxylation sites is 1. The molecule has 4 nitrogen and oxygen atoms in total. The van der Waals surface area contributed by atoms with Crippen molar-refractivity contribution < 1.29 is 0 Å². The first-order valence-electron chi connectivity index (χ1n) is 6.74. The van der Waals surface area contributed by atoms with Crippen molar-refractivity contribution >= 4 is 0 Å². The molecular weight excluding hydrogens is 236 g/mol. The van der Waals surface area contributed by atoms with Crippen LogP contribution in [0.25, 0.3) is 5.69 Å². The second kappa shape index (κ2) is 5.53. The maximum atomic E-state index is 4.24. The first kappa shape index (κ1) is 13.7. The van der Waals surface area contributed by atoms with Crippen molar-refractivity contribution in [2.75, 3.05) is 6.54 Å². The predicted octanol–water partition coefficient (Wildman–Crippen LogP) is 2.67. The third-order valence-electron chi connectivity index (χ3n) is 3.12. The molecule has 4 heteroatoms. The summed E-state index contributed by atoms with van der Waals surface area (Å²) in [6.45, 7) is 10.5. The van der Waals surface area contributed by atoms with Gasteiger partial charge in [0.1, 0.15) is 0 Å². The van der Waals surface area contributed by atoms with Crippen LogP contribution in [0, 0.1) is 0 Å². The number of hydrogen-bond acceptors (Lipinski definition) is 3. The fourth-order valence-electron chi connectivity index (χ4n) is 2.13. The summed E-state index contributed by atoms with van der Waals surface area (Å²) in [6, 6.07) is 8.38. The molecule has 1 aromatic heterocycles. The highest BCUT2D eigenvalue weighted by Gasteiger charge is 2.20. The predicted molar refractivity (Wildman–Crippen MR) is 77.4 cm³/mol. The Bertz CT molecular complexity index is 537. The molecule has 0 fully saturated rings. The van der Waals surface area contributed by atoms with E-state index in [1.54, 1.807) is 0 Å². The second-order valence-corrected chi connectivity index (χ2v) is 5.68. The molecule has 102 valence electrons. The van der Waals surface area contributed by atoms with E-state index in [1.165, 1.54) is 5.56 Å². The van der Waals surface area contributed by atoms with Gasteiger partial charge >= 0.3 is 0 Å². The summed E-state index contributed by atoms with van der Waals surface area (Å²) >= 11 is 0. The summed E-state index contributed by atoms with van der Waals surface area (Å²) in [5, 5.41) is 11.6. The smallest absolute Gasteiger partial charge is 0.0783 e. The molecule has 0 aliphatic rings. The van der Waals surface area contributed by atoms with Gasteiger partial charge in [-0.2, -0.15) is 0 Å². The van der Waals surface area contributed by atoms with Crippen molar-refractivity contribution in [1.82, 2.24) is 20.3 Å². The minimum atomic E-state index is 0.0813. The van der Waals surface area contributed by atoms with Crippen molar-refractivity contribution in [1.29, 1.82) is 0 Å². The Labute approximate surface area is 114 Å². The van der Waals surface area contributed by atoms with Crippen molar-refractivity contribution in [3.05, 3.63) is 41.7 Å². The summed E-state index contributed by atoms with van der Waals surface area (Å²) in [5.74, 6) is 0. The van der Waals surface area contributed by atoms with E-state index in [0.29, 0.717) is 0 Å². The van der Waals surface area contributed by atoms with Crippen molar-refractivity contribution in [3.8, 4) is 5.69 Å². The standard InChI is InChI=1S/C15H22N4/c1-5-16-10-12-11-17-18-19(12)14-9-7-6-8-13(14)15(2,3)4/h6-9,11,16H,5,10H2,1-4H3. The summed E-state index contributed by atoms with van der Waals surface area (Å²) in [6.07, 6.45) is 1.82. The lowest BCUT2D eigenvalue weighted by Gasteiger charge is -2.23. The van der Waals surface area contributed by atoms with Crippen LogP contribution in [0.1, 0.15) is 39.0 Å². The molecule has 0 unspecified atom stereocenters. The molecule has 2 aromatic rings. The number of benzene rings is 1. The Balaban J connectivity index is 2.45. The largest absolute Gasteiger partial charge is 0.311 e. The van der Waals surface area contributed by atoms with E-state index in [4.69, 9.17) is 0 Å². The number of aromatic nitrogens is 3. The summed E-state index contributed by atoms with van der Waals surface area (Å²) in [7, 11) is 0. The van der Waals surface area contributed by atoms with Crippen LogP contribution >= 0.6 is 0 Å². The first-order valence-corrected chi connectivity index (χ1v) is 6.74. The molecule has 0 radical (unpaired) electrons. The molecule has 1 aromatic carbocycles. The lowest BCUT2D eigenvalue weighted by Crippen LogP contribution is -2.19. The molecule has 0 spiro atoms. The number of hydrogen-bond donors (Lipinski definition) is 1. The minimum Gasteiger partial charge on any atom is -0.311 e. The van der Waals surface area contributed by atoms with Crippen molar-refractivity contribution in [2.45, 2.75) is 39.7 Å². The Kier molecular flexibility index (Phi) is 4.00. The van der Waals surface area contributed by atoms with E-state index in [0.717, 1.165) is 24.5 Å². The molecule has 0 amide bonds. The Morgan fingerprint density at radius 3 is 2.63 bits per heavy atom. The van der Waals surface area contributed by atoms with E-state index in [-0.39, 0.29) is 5.41 Å². The molecule has 2 rings (SSSR count). The normalized spacial score (nSPS) is 11.8. The third kappa shape index (κ3) is 3.01. The highest BCUT2D eigenvalue weighted by Crippen LogP contribution is 2.28. The average Bonchev–Trinajstić information content (AvgIpc) is 2.83.